The lowest BCUT2D eigenvalue weighted by Gasteiger charge is -2.29. The standard InChI is InChI=1S/C21H20ClN3O2S/c1-14-16-4-2-3-5-17(16)21(27)25(14)13-20(26)23-15-6-7-19(18(22)12-15)24-8-10-28-11-9-24/h2-7,12H,1,8-11,13H2,(H,23,26). The molecule has 144 valence electrons. The second kappa shape index (κ2) is 7.89. The van der Waals surface area contributed by atoms with E-state index in [0.717, 1.165) is 35.8 Å². The molecule has 4 rings (SSSR count). The van der Waals surface area contributed by atoms with Gasteiger partial charge in [-0.25, -0.2) is 0 Å². The average molecular weight is 414 g/mol. The van der Waals surface area contributed by atoms with Crippen molar-refractivity contribution in [3.05, 3.63) is 65.2 Å². The summed E-state index contributed by atoms with van der Waals surface area (Å²) in [6.45, 7) is 5.81. The van der Waals surface area contributed by atoms with Crippen molar-refractivity contribution in [2.45, 2.75) is 0 Å². The molecule has 28 heavy (non-hydrogen) atoms. The van der Waals surface area contributed by atoms with E-state index in [1.807, 2.05) is 36.0 Å². The number of rotatable bonds is 4. The third-order valence-corrected chi connectivity index (χ3v) is 6.17. The van der Waals surface area contributed by atoms with Gasteiger partial charge in [-0.3, -0.25) is 14.5 Å². The van der Waals surface area contributed by atoms with Gasteiger partial charge in [0.25, 0.3) is 5.91 Å². The Morgan fingerprint density at radius 3 is 2.54 bits per heavy atom. The number of hydrogen-bond donors (Lipinski definition) is 1. The molecule has 0 aromatic heterocycles. The molecular formula is C21H20ClN3O2S. The highest BCUT2D eigenvalue weighted by Crippen LogP contribution is 2.32. The second-order valence-corrected chi connectivity index (χ2v) is 8.33. The molecule has 0 bridgehead atoms. The van der Waals surface area contributed by atoms with E-state index in [0.29, 0.717) is 22.0 Å². The van der Waals surface area contributed by atoms with Crippen molar-refractivity contribution in [3.8, 4) is 0 Å². The van der Waals surface area contributed by atoms with E-state index in [1.165, 1.54) is 4.90 Å². The van der Waals surface area contributed by atoms with Gasteiger partial charge >= 0.3 is 0 Å². The summed E-state index contributed by atoms with van der Waals surface area (Å²) in [5.41, 5.74) is 3.49. The van der Waals surface area contributed by atoms with E-state index in [9.17, 15) is 9.59 Å². The SMILES string of the molecule is C=C1c2ccccc2C(=O)N1CC(=O)Nc1ccc(N2CCSCC2)c(Cl)c1. The van der Waals surface area contributed by atoms with Gasteiger partial charge in [0.2, 0.25) is 5.91 Å². The fourth-order valence-electron chi connectivity index (χ4n) is 3.49. The lowest BCUT2D eigenvalue weighted by molar-refractivity contribution is -0.116. The zero-order valence-electron chi connectivity index (χ0n) is 15.3. The monoisotopic (exact) mass is 413 g/mol. The predicted octanol–water partition coefficient (Wildman–Crippen LogP) is 3.96. The van der Waals surface area contributed by atoms with Crippen LogP contribution in [0, 0.1) is 0 Å². The van der Waals surface area contributed by atoms with E-state index in [1.54, 1.807) is 18.2 Å². The highest BCUT2D eigenvalue weighted by atomic mass is 35.5. The van der Waals surface area contributed by atoms with Crippen molar-refractivity contribution in [2.75, 3.05) is 41.4 Å². The molecule has 0 atom stereocenters. The van der Waals surface area contributed by atoms with E-state index >= 15 is 0 Å². The molecule has 0 aliphatic carbocycles. The second-order valence-electron chi connectivity index (χ2n) is 6.70. The molecule has 2 heterocycles. The summed E-state index contributed by atoms with van der Waals surface area (Å²) >= 11 is 8.39. The number of halogens is 1. The molecule has 1 fully saturated rings. The molecule has 2 aliphatic rings. The summed E-state index contributed by atoms with van der Waals surface area (Å²) in [6.07, 6.45) is 0. The fourth-order valence-corrected chi connectivity index (χ4v) is 4.69. The number of thioether (sulfide) groups is 1. The Balaban J connectivity index is 1.42. The van der Waals surface area contributed by atoms with Crippen molar-refractivity contribution in [3.63, 3.8) is 0 Å². The topological polar surface area (TPSA) is 52.7 Å². The van der Waals surface area contributed by atoms with Crippen LogP contribution in [0.1, 0.15) is 15.9 Å². The molecule has 0 saturated carbocycles. The number of carbonyl (C=O) groups is 2. The molecule has 2 amide bonds. The number of hydrogen-bond acceptors (Lipinski definition) is 4. The minimum Gasteiger partial charge on any atom is -0.369 e. The van der Waals surface area contributed by atoms with E-state index in [2.05, 4.69) is 16.8 Å². The minimum atomic E-state index is -0.291. The summed E-state index contributed by atoms with van der Waals surface area (Å²) in [7, 11) is 0. The molecule has 1 saturated heterocycles. The summed E-state index contributed by atoms with van der Waals surface area (Å²) in [6, 6.07) is 12.8. The van der Waals surface area contributed by atoms with Gasteiger partial charge in [0, 0.05) is 47.1 Å². The molecule has 0 spiro atoms. The summed E-state index contributed by atoms with van der Waals surface area (Å²) in [5.74, 6) is 1.68. The largest absolute Gasteiger partial charge is 0.369 e. The Hall–Kier alpha value is -2.44. The number of fused-ring (bicyclic) bond motifs is 1. The van der Waals surface area contributed by atoms with Gasteiger partial charge in [-0.2, -0.15) is 11.8 Å². The molecule has 0 radical (unpaired) electrons. The maximum Gasteiger partial charge on any atom is 0.259 e. The van der Waals surface area contributed by atoms with Crippen molar-refractivity contribution in [2.24, 2.45) is 0 Å². The third-order valence-electron chi connectivity index (χ3n) is 4.92. The quantitative estimate of drug-likeness (QED) is 0.824. The first kappa shape index (κ1) is 18.9. The normalized spacial score (nSPS) is 16.3. The highest BCUT2D eigenvalue weighted by Gasteiger charge is 2.31. The van der Waals surface area contributed by atoms with Gasteiger partial charge in [0.1, 0.15) is 6.54 Å². The third kappa shape index (κ3) is 3.62. The average Bonchev–Trinajstić information content (AvgIpc) is 2.94. The maximum absolute atomic E-state index is 12.5. The summed E-state index contributed by atoms with van der Waals surface area (Å²) in [5, 5.41) is 3.44. The van der Waals surface area contributed by atoms with Crippen LogP contribution >= 0.6 is 23.4 Å². The molecule has 7 heteroatoms. The number of nitrogens with one attached hydrogen (secondary N) is 1. The van der Waals surface area contributed by atoms with Crippen LogP contribution in [0.2, 0.25) is 5.02 Å². The van der Waals surface area contributed by atoms with Crippen molar-refractivity contribution in [1.29, 1.82) is 0 Å². The number of anilines is 2. The maximum atomic E-state index is 12.5. The highest BCUT2D eigenvalue weighted by molar-refractivity contribution is 7.99. The first-order valence-corrected chi connectivity index (χ1v) is 10.6. The lowest BCUT2D eigenvalue weighted by atomic mass is 10.1. The number of amides is 2. The first-order chi connectivity index (χ1) is 13.5. The first-order valence-electron chi connectivity index (χ1n) is 9.07. The van der Waals surface area contributed by atoms with Gasteiger partial charge in [-0.15, -0.1) is 0 Å². The van der Waals surface area contributed by atoms with E-state index in [4.69, 9.17) is 11.6 Å². The molecule has 1 N–H and O–H groups in total. The fraction of sp³-hybridized carbons (Fsp3) is 0.238. The predicted molar refractivity (Wildman–Crippen MR) is 116 cm³/mol. The molecule has 5 nitrogen and oxygen atoms in total. The van der Waals surface area contributed by atoms with Gasteiger partial charge in [-0.05, 0) is 24.3 Å². The van der Waals surface area contributed by atoms with Crippen LogP contribution in [0.15, 0.2) is 49.0 Å². The van der Waals surface area contributed by atoms with E-state index < -0.39 is 0 Å². The van der Waals surface area contributed by atoms with Gasteiger partial charge in [-0.1, -0.05) is 36.4 Å². The number of benzene rings is 2. The van der Waals surface area contributed by atoms with Crippen molar-refractivity contribution >= 4 is 52.2 Å². The van der Waals surface area contributed by atoms with Crippen LogP contribution in [0.3, 0.4) is 0 Å². The molecule has 2 aromatic rings. The van der Waals surface area contributed by atoms with Crippen LogP contribution in [-0.4, -0.2) is 47.9 Å². The Morgan fingerprint density at radius 2 is 1.86 bits per heavy atom. The molecule has 0 unspecified atom stereocenters. The number of carbonyl (C=O) groups excluding carboxylic acids is 2. The number of nitrogens with zero attached hydrogens (tertiary/aromatic N) is 2. The Bertz CT molecular complexity index is 921. The van der Waals surface area contributed by atoms with Gasteiger partial charge in [0.05, 0.1) is 10.7 Å². The Morgan fingerprint density at radius 1 is 1.14 bits per heavy atom. The van der Waals surface area contributed by atoms with Crippen LogP contribution in [0.5, 0.6) is 0 Å². The van der Waals surface area contributed by atoms with Crippen LogP contribution in [-0.2, 0) is 4.79 Å². The lowest BCUT2D eigenvalue weighted by Crippen LogP contribution is -2.33. The molecule has 2 aromatic carbocycles. The van der Waals surface area contributed by atoms with E-state index in [-0.39, 0.29) is 18.4 Å². The smallest absolute Gasteiger partial charge is 0.259 e. The zero-order chi connectivity index (χ0) is 19.7. The van der Waals surface area contributed by atoms with Gasteiger partial charge < -0.3 is 10.2 Å². The minimum absolute atomic E-state index is 0.0882. The Labute approximate surface area is 173 Å². The van der Waals surface area contributed by atoms with Crippen LogP contribution < -0.4 is 10.2 Å². The summed E-state index contributed by atoms with van der Waals surface area (Å²) in [4.78, 5) is 28.7. The summed E-state index contributed by atoms with van der Waals surface area (Å²) < 4.78 is 0. The van der Waals surface area contributed by atoms with Crippen LogP contribution in [0.25, 0.3) is 5.70 Å². The van der Waals surface area contributed by atoms with Crippen LogP contribution in [0.4, 0.5) is 11.4 Å². The van der Waals surface area contributed by atoms with Crippen molar-refractivity contribution < 1.29 is 9.59 Å². The zero-order valence-corrected chi connectivity index (χ0v) is 16.9. The van der Waals surface area contributed by atoms with Gasteiger partial charge in [0.15, 0.2) is 0 Å². The molecule has 2 aliphatic heterocycles. The molecular weight excluding hydrogens is 394 g/mol. The Kier molecular flexibility index (Phi) is 5.33. The van der Waals surface area contributed by atoms with Crippen molar-refractivity contribution in [1.82, 2.24) is 4.90 Å².